The Labute approximate surface area is 189 Å². The third-order valence-electron chi connectivity index (χ3n) is 5.76. The maximum atomic E-state index is 14.9. The molecule has 3 heterocycles. The second-order valence-electron chi connectivity index (χ2n) is 8.23. The van der Waals surface area contributed by atoms with Gasteiger partial charge in [0, 0.05) is 17.4 Å². The summed E-state index contributed by atoms with van der Waals surface area (Å²) in [5, 5.41) is 12.0. The summed E-state index contributed by atoms with van der Waals surface area (Å²) in [4.78, 5) is 16.7. The zero-order chi connectivity index (χ0) is 24.0. The van der Waals surface area contributed by atoms with Crippen molar-refractivity contribution < 1.29 is 17.9 Å². The highest BCUT2D eigenvalue weighted by Crippen LogP contribution is 2.59. The first-order valence-corrected chi connectivity index (χ1v) is 11.5. The summed E-state index contributed by atoms with van der Waals surface area (Å²) in [5.74, 6) is -1.16. The molecule has 0 radical (unpaired) electrons. The molecule has 0 bridgehead atoms. The number of aromatic nitrogens is 3. The molecule has 5 N–H and O–H groups in total. The Balaban J connectivity index is 1.79. The Morgan fingerprint density at radius 2 is 2.00 bits per heavy atom. The van der Waals surface area contributed by atoms with E-state index in [0.717, 1.165) is 6.07 Å². The minimum Gasteiger partial charge on any atom is -0.386 e. The molecule has 172 valence electrons. The number of hydrogen-bond donors (Lipinski definition) is 4. The maximum Gasteiger partial charge on any atom is 0.160 e. The molecule has 0 spiro atoms. The van der Waals surface area contributed by atoms with E-state index in [4.69, 9.17) is 11.0 Å². The van der Waals surface area contributed by atoms with E-state index in [-0.39, 0.29) is 17.2 Å². The minimum absolute atomic E-state index is 0.163. The van der Waals surface area contributed by atoms with E-state index in [1.807, 2.05) is 6.07 Å². The van der Waals surface area contributed by atoms with Gasteiger partial charge in [0.05, 0.1) is 16.8 Å². The van der Waals surface area contributed by atoms with E-state index >= 15 is 0 Å². The summed E-state index contributed by atoms with van der Waals surface area (Å²) < 4.78 is 49.4. The number of nitrogens with two attached hydrogens (primary N) is 1. The van der Waals surface area contributed by atoms with Gasteiger partial charge in [0.1, 0.15) is 46.5 Å². The van der Waals surface area contributed by atoms with Gasteiger partial charge >= 0.3 is 0 Å². The summed E-state index contributed by atoms with van der Waals surface area (Å²) >= 11 is 0. The standard InChI is InChI=1S/C21H21F2N7O2S/c1-20(2)19(25)30-21(9-22,10-33(20,31)32)14-6-13(3-4-15(14)23)29-18-17-16(27-11-28-18)5-12(7-24)8-26-17/h3-6,8,11,31-32H,9-10H2,1-2H3,(H2,25,30)(H,27,28,29)/t21-/m1/s1. The second kappa shape index (κ2) is 7.87. The fourth-order valence-electron chi connectivity index (χ4n) is 3.55. The molecular formula is C21H21F2N7O2S. The Morgan fingerprint density at radius 1 is 1.24 bits per heavy atom. The molecule has 0 fully saturated rings. The van der Waals surface area contributed by atoms with Crippen molar-refractivity contribution in [2.75, 3.05) is 17.7 Å². The lowest BCUT2D eigenvalue weighted by molar-refractivity contribution is 0.312. The highest BCUT2D eigenvalue weighted by molar-refractivity contribution is 8.26. The van der Waals surface area contributed by atoms with Gasteiger partial charge in [-0.05, 0) is 38.1 Å². The number of halogens is 2. The number of hydrogen-bond acceptors (Lipinski definition) is 9. The Kier molecular flexibility index (Phi) is 5.44. The quantitative estimate of drug-likeness (QED) is 0.446. The zero-order valence-electron chi connectivity index (χ0n) is 17.8. The van der Waals surface area contributed by atoms with Crippen molar-refractivity contribution in [2.24, 2.45) is 10.7 Å². The number of nitriles is 1. The molecule has 12 heteroatoms. The van der Waals surface area contributed by atoms with Crippen molar-refractivity contribution in [1.29, 1.82) is 5.26 Å². The first-order chi connectivity index (χ1) is 15.5. The molecule has 4 rings (SSSR count). The summed E-state index contributed by atoms with van der Waals surface area (Å²) in [6.07, 6.45) is 2.65. The average molecular weight is 474 g/mol. The van der Waals surface area contributed by atoms with Gasteiger partial charge in [-0.3, -0.25) is 14.1 Å². The van der Waals surface area contributed by atoms with Gasteiger partial charge < -0.3 is 11.1 Å². The fraction of sp³-hybridized carbons (Fsp3) is 0.286. The molecule has 3 aromatic rings. The normalized spacial score (nSPS) is 22.3. The molecule has 1 aliphatic heterocycles. The van der Waals surface area contributed by atoms with Crippen LogP contribution in [0, 0.1) is 17.1 Å². The predicted octanol–water partition coefficient (Wildman–Crippen LogP) is 3.84. The van der Waals surface area contributed by atoms with Crippen molar-refractivity contribution in [3.05, 3.63) is 53.7 Å². The molecule has 0 amide bonds. The summed E-state index contributed by atoms with van der Waals surface area (Å²) in [6, 6.07) is 7.40. The number of benzene rings is 1. The highest BCUT2D eigenvalue weighted by Gasteiger charge is 2.51. The number of fused-ring (bicyclic) bond motifs is 1. The number of nitrogens with one attached hydrogen (secondary N) is 1. The smallest absolute Gasteiger partial charge is 0.160 e. The monoisotopic (exact) mass is 473 g/mol. The number of nitrogens with zero attached hydrogens (tertiary/aromatic N) is 5. The number of rotatable bonds is 4. The molecule has 9 nitrogen and oxygen atoms in total. The van der Waals surface area contributed by atoms with Gasteiger partial charge in [0.2, 0.25) is 0 Å². The van der Waals surface area contributed by atoms with Crippen molar-refractivity contribution in [3.63, 3.8) is 0 Å². The van der Waals surface area contributed by atoms with Gasteiger partial charge in [-0.25, -0.2) is 23.7 Å². The molecule has 0 saturated carbocycles. The minimum atomic E-state index is -3.44. The topological polar surface area (TPSA) is 153 Å². The molecule has 1 atom stereocenters. The maximum absolute atomic E-state index is 14.9. The third-order valence-corrected chi connectivity index (χ3v) is 8.49. The van der Waals surface area contributed by atoms with Crippen LogP contribution in [0.4, 0.5) is 20.3 Å². The molecule has 0 unspecified atom stereocenters. The van der Waals surface area contributed by atoms with Crippen molar-refractivity contribution in [3.8, 4) is 6.07 Å². The van der Waals surface area contributed by atoms with Gasteiger partial charge in [-0.2, -0.15) is 15.9 Å². The lowest BCUT2D eigenvalue weighted by Crippen LogP contribution is -2.53. The van der Waals surface area contributed by atoms with Crippen molar-refractivity contribution in [2.45, 2.75) is 24.1 Å². The van der Waals surface area contributed by atoms with E-state index in [2.05, 4.69) is 25.3 Å². The lowest BCUT2D eigenvalue weighted by Gasteiger charge is -2.53. The van der Waals surface area contributed by atoms with E-state index in [0.29, 0.717) is 22.3 Å². The largest absolute Gasteiger partial charge is 0.386 e. The van der Waals surface area contributed by atoms with Crippen LogP contribution in [-0.4, -0.2) is 47.1 Å². The first-order valence-electron chi connectivity index (χ1n) is 9.78. The van der Waals surface area contributed by atoms with E-state index in [9.17, 15) is 17.9 Å². The lowest BCUT2D eigenvalue weighted by atomic mass is 9.92. The van der Waals surface area contributed by atoms with Crippen LogP contribution in [0.1, 0.15) is 25.0 Å². The van der Waals surface area contributed by atoms with Crippen LogP contribution in [-0.2, 0) is 5.54 Å². The average Bonchev–Trinajstić information content (AvgIpc) is 2.78. The molecule has 33 heavy (non-hydrogen) atoms. The fourth-order valence-corrected chi connectivity index (χ4v) is 5.25. The van der Waals surface area contributed by atoms with E-state index in [1.165, 1.54) is 38.5 Å². The van der Waals surface area contributed by atoms with Gasteiger partial charge in [0.25, 0.3) is 0 Å². The predicted molar refractivity (Wildman–Crippen MR) is 123 cm³/mol. The third kappa shape index (κ3) is 3.74. The van der Waals surface area contributed by atoms with Gasteiger partial charge in [-0.15, -0.1) is 0 Å². The van der Waals surface area contributed by atoms with E-state index < -0.39 is 39.1 Å². The molecule has 1 aliphatic rings. The number of amidine groups is 1. The van der Waals surface area contributed by atoms with Crippen LogP contribution in [0.5, 0.6) is 0 Å². The van der Waals surface area contributed by atoms with Crippen molar-refractivity contribution in [1.82, 2.24) is 15.0 Å². The Morgan fingerprint density at radius 3 is 2.67 bits per heavy atom. The van der Waals surface area contributed by atoms with Crippen LogP contribution in [0.25, 0.3) is 11.0 Å². The second-order valence-corrected chi connectivity index (χ2v) is 10.9. The summed E-state index contributed by atoms with van der Waals surface area (Å²) in [6.45, 7) is 1.82. The highest BCUT2D eigenvalue weighted by atomic mass is 32.3. The molecule has 2 aromatic heterocycles. The SMILES string of the molecule is CC1(C)C(N)=N[C@@](CF)(c2cc(Nc3ncnc4cc(C#N)cnc34)ccc2F)CS1(O)O. The first kappa shape index (κ1) is 22.8. The number of alkyl halides is 1. The molecule has 0 aliphatic carbocycles. The van der Waals surface area contributed by atoms with Crippen LogP contribution in [0.3, 0.4) is 0 Å². The zero-order valence-corrected chi connectivity index (χ0v) is 18.6. The molecule has 1 aromatic carbocycles. The number of anilines is 2. The Bertz CT molecular complexity index is 1330. The summed E-state index contributed by atoms with van der Waals surface area (Å²) in [5.41, 5.74) is 5.37. The number of aliphatic imine (C=N–C) groups is 1. The van der Waals surface area contributed by atoms with Crippen LogP contribution >= 0.6 is 10.6 Å². The molecular weight excluding hydrogens is 452 g/mol. The molecule has 0 saturated heterocycles. The van der Waals surface area contributed by atoms with Crippen molar-refractivity contribution >= 4 is 39.0 Å². The Hall–Kier alpha value is -3.40. The van der Waals surface area contributed by atoms with Crippen LogP contribution in [0.2, 0.25) is 0 Å². The van der Waals surface area contributed by atoms with Gasteiger partial charge in [-0.1, -0.05) is 0 Å². The van der Waals surface area contributed by atoms with Crippen LogP contribution < -0.4 is 11.1 Å². The number of pyridine rings is 1. The van der Waals surface area contributed by atoms with Crippen LogP contribution in [0.15, 0.2) is 41.8 Å². The van der Waals surface area contributed by atoms with Gasteiger partial charge in [0.15, 0.2) is 5.82 Å². The van der Waals surface area contributed by atoms with E-state index in [1.54, 1.807) is 6.07 Å². The summed E-state index contributed by atoms with van der Waals surface area (Å²) in [7, 11) is -3.44.